The third-order valence-corrected chi connectivity index (χ3v) is 3.74. The van der Waals surface area contributed by atoms with Crippen LogP contribution >= 0.6 is 23.2 Å². The number of carbonyl (C=O) groups is 2. The fourth-order valence-corrected chi connectivity index (χ4v) is 2.37. The molecule has 2 N–H and O–H groups in total. The van der Waals surface area contributed by atoms with E-state index in [0.717, 1.165) is 17.3 Å². The normalized spacial score (nSPS) is 10.8. The van der Waals surface area contributed by atoms with Crippen molar-refractivity contribution in [3.63, 3.8) is 0 Å². The Morgan fingerprint density at radius 1 is 1.24 bits per heavy atom. The van der Waals surface area contributed by atoms with E-state index in [4.69, 9.17) is 28.4 Å². The summed E-state index contributed by atoms with van der Waals surface area (Å²) in [5.41, 5.74) is 1.59. The van der Waals surface area contributed by atoms with Gasteiger partial charge in [0.25, 0.3) is 11.8 Å². The van der Waals surface area contributed by atoms with Gasteiger partial charge in [0.15, 0.2) is 0 Å². The first-order chi connectivity index (χ1) is 11.8. The molecule has 0 aliphatic carbocycles. The smallest absolute Gasteiger partial charge is 0.275 e. The van der Waals surface area contributed by atoms with Crippen molar-refractivity contribution in [2.75, 3.05) is 7.05 Å². The molecule has 0 spiro atoms. The summed E-state index contributed by atoms with van der Waals surface area (Å²) in [7, 11) is 1.38. The molecule has 0 unspecified atom stereocenters. The number of halogens is 3. The molecule has 0 atom stereocenters. The number of rotatable bonds is 4. The zero-order chi connectivity index (χ0) is 18.6. The summed E-state index contributed by atoms with van der Waals surface area (Å²) in [5.74, 6) is -2.09. The maximum Gasteiger partial charge on any atom is 0.275 e. The average molecular weight is 384 g/mol. The topological polar surface area (TPSA) is 82.0 Å². The Kier molecular flexibility index (Phi) is 6.08. The Morgan fingerprint density at radius 3 is 2.56 bits per heavy atom. The van der Waals surface area contributed by atoms with Crippen molar-refractivity contribution in [2.45, 2.75) is 0 Å². The van der Waals surface area contributed by atoms with E-state index >= 15 is 0 Å². The van der Waals surface area contributed by atoms with Gasteiger partial charge < -0.3 is 0 Å². The molecule has 0 heterocycles. The van der Waals surface area contributed by atoms with Crippen LogP contribution in [0.3, 0.4) is 0 Å². The number of hydrogen-bond donors (Lipinski definition) is 2. The van der Waals surface area contributed by atoms with Crippen LogP contribution in [-0.2, 0) is 0 Å². The molecule has 0 saturated carbocycles. The van der Waals surface area contributed by atoms with Crippen molar-refractivity contribution >= 4 is 41.2 Å². The number of hydrazone groups is 1. The summed E-state index contributed by atoms with van der Waals surface area (Å²) in [6.07, 6.45) is 1.12. The first-order valence-electron chi connectivity index (χ1n) is 6.84. The number of nitrogens with one attached hydrogen (secondary N) is 1. The summed E-state index contributed by atoms with van der Waals surface area (Å²) in [4.78, 5) is 23.5. The summed E-state index contributed by atoms with van der Waals surface area (Å²) in [6.45, 7) is 0. The lowest BCUT2D eigenvalue weighted by Gasteiger charge is -2.12. The van der Waals surface area contributed by atoms with Crippen LogP contribution in [0, 0.1) is 5.82 Å². The first kappa shape index (κ1) is 18.9. The van der Waals surface area contributed by atoms with Gasteiger partial charge in [-0.1, -0.05) is 23.2 Å². The monoisotopic (exact) mass is 383 g/mol. The number of amides is 2. The standard InChI is InChI=1S/C16H12Cl2FN3O3/c1-22(16(24)12-5-4-11(17)7-13(12)18)20-8-10-3-2-9(6-14(10)19)15(23)21-25/h2-8,25H,1H3,(H,21,23)/b20-8+. The summed E-state index contributed by atoms with van der Waals surface area (Å²) in [6, 6.07) is 7.93. The molecule has 9 heteroatoms. The van der Waals surface area contributed by atoms with E-state index < -0.39 is 17.6 Å². The largest absolute Gasteiger partial charge is 0.288 e. The Balaban J connectivity index is 2.18. The minimum absolute atomic E-state index is 0.0522. The Labute approximate surface area is 152 Å². The lowest BCUT2D eigenvalue weighted by molar-refractivity contribution is 0.0705. The highest BCUT2D eigenvalue weighted by molar-refractivity contribution is 6.36. The lowest BCUT2D eigenvalue weighted by Crippen LogP contribution is -2.22. The van der Waals surface area contributed by atoms with E-state index in [1.54, 1.807) is 0 Å². The molecule has 0 fully saturated rings. The van der Waals surface area contributed by atoms with Gasteiger partial charge in [-0.3, -0.25) is 14.8 Å². The van der Waals surface area contributed by atoms with Gasteiger partial charge in [0.1, 0.15) is 5.82 Å². The van der Waals surface area contributed by atoms with Crippen LogP contribution in [0.5, 0.6) is 0 Å². The highest BCUT2D eigenvalue weighted by Gasteiger charge is 2.15. The molecule has 0 aliphatic heterocycles. The second-order valence-corrected chi connectivity index (χ2v) is 5.72. The number of hydroxylamine groups is 1. The van der Waals surface area contributed by atoms with Crippen LogP contribution < -0.4 is 5.48 Å². The van der Waals surface area contributed by atoms with E-state index in [1.807, 2.05) is 0 Å². The fourth-order valence-electron chi connectivity index (χ4n) is 1.88. The van der Waals surface area contributed by atoms with Crippen LogP contribution in [0.1, 0.15) is 26.3 Å². The van der Waals surface area contributed by atoms with Gasteiger partial charge in [-0.15, -0.1) is 0 Å². The van der Waals surface area contributed by atoms with Crippen LogP contribution in [0.15, 0.2) is 41.5 Å². The first-order valence-corrected chi connectivity index (χ1v) is 7.60. The molecule has 0 radical (unpaired) electrons. The summed E-state index contributed by atoms with van der Waals surface area (Å²) >= 11 is 11.8. The number of benzene rings is 2. The second-order valence-electron chi connectivity index (χ2n) is 4.87. The maximum absolute atomic E-state index is 13.9. The number of carbonyl (C=O) groups excluding carboxylic acids is 2. The van der Waals surface area contributed by atoms with Crippen molar-refractivity contribution in [2.24, 2.45) is 5.10 Å². The minimum Gasteiger partial charge on any atom is -0.288 e. The Hall–Kier alpha value is -2.48. The van der Waals surface area contributed by atoms with E-state index in [0.29, 0.717) is 5.02 Å². The van der Waals surface area contributed by atoms with Gasteiger partial charge in [0, 0.05) is 23.2 Å². The Morgan fingerprint density at radius 2 is 1.96 bits per heavy atom. The molecule has 2 rings (SSSR count). The third kappa shape index (κ3) is 4.54. The van der Waals surface area contributed by atoms with Crippen molar-refractivity contribution < 1.29 is 19.2 Å². The number of hydrogen-bond acceptors (Lipinski definition) is 4. The van der Waals surface area contributed by atoms with Crippen LogP contribution in [0.25, 0.3) is 0 Å². The van der Waals surface area contributed by atoms with Gasteiger partial charge in [-0.25, -0.2) is 14.9 Å². The van der Waals surface area contributed by atoms with Crippen LogP contribution in [0.4, 0.5) is 4.39 Å². The molecule has 0 aliphatic rings. The molecule has 2 aromatic rings. The molecule has 0 saturated heterocycles. The summed E-state index contributed by atoms with van der Waals surface area (Å²) in [5, 5.41) is 13.9. The maximum atomic E-state index is 13.9. The zero-order valence-electron chi connectivity index (χ0n) is 12.8. The van der Waals surface area contributed by atoms with Gasteiger partial charge in [0.2, 0.25) is 0 Å². The predicted molar refractivity (Wildman–Crippen MR) is 91.8 cm³/mol. The molecule has 0 aromatic heterocycles. The number of nitrogens with zero attached hydrogens (tertiary/aromatic N) is 2. The summed E-state index contributed by atoms with van der Waals surface area (Å²) < 4.78 is 13.9. The van der Waals surface area contributed by atoms with Crippen molar-refractivity contribution in [3.8, 4) is 0 Å². The molecular formula is C16H12Cl2FN3O3. The van der Waals surface area contributed by atoms with Crippen LogP contribution in [0.2, 0.25) is 10.0 Å². The lowest BCUT2D eigenvalue weighted by atomic mass is 10.1. The molecule has 130 valence electrons. The quantitative estimate of drug-likeness (QED) is 0.482. The van der Waals surface area contributed by atoms with Crippen molar-refractivity contribution in [3.05, 3.63) is 69.0 Å². The van der Waals surface area contributed by atoms with Gasteiger partial charge in [0.05, 0.1) is 16.8 Å². The molecule has 2 amide bonds. The molecule has 25 heavy (non-hydrogen) atoms. The van der Waals surface area contributed by atoms with E-state index in [2.05, 4.69) is 5.10 Å². The average Bonchev–Trinajstić information content (AvgIpc) is 2.59. The van der Waals surface area contributed by atoms with Gasteiger partial charge in [-0.05, 0) is 36.4 Å². The second kappa shape index (κ2) is 8.06. The van der Waals surface area contributed by atoms with Gasteiger partial charge >= 0.3 is 0 Å². The SMILES string of the molecule is CN(/N=C/c1ccc(C(=O)NO)cc1F)C(=O)c1ccc(Cl)cc1Cl. The van der Waals surface area contributed by atoms with E-state index in [9.17, 15) is 14.0 Å². The minimum atomic E-state index is -0.841. The fraction of sp³-hybridized carbons (Fsp3) is 0.0625. The Bertz CT molecular complexity index is 859. The van der Waals surface area contributed by atoms with Crippen LogP contribution in [-0.4, -0.2) is 35.3 Å². The van der Waals surface area contributed by atoms with E-state index in [1.165, 1.54) is 42.9 Å². The highest BCUT2D eigenvalue weighted by Crippen LogP contribution is 2.22. The molecule has 0 bridgehead atoms. The van der Waals surface area contributed by atoms with Gasteiger partial charge in [-0.2, -0.15) is 5.10 Å². The third-order valence-electron chi connectivity index (χ3n) is 3.19. The van der Waals surface area contributed by atoms with E-state index in [-0.39, 0.29) is 21.7 Å². The highest BCUT2D eigenvalue weighted by atomic mass is 35.5. The predicted octanol–water partition coefficient (Wildman–Crippen LogP) is 3.36. The molecule has 6 nitrogen and oxygen atoms in total. The zero-order valence-corrected chi connectivity index (χ0v) is 14.3. The molecular weight excluding hydrogens is 372 g/mol. The van der Waals surface area contributed by atoms with Crippen molar-refractivity contribution in [1.29, 1.82) is 0 Å². The van der Waals surface area contributed by atoms with Crippen molar-refractivity contribution in [1.82, 2.24) is 10.5 Å². The molecule has 2 aromatic carbocycles.